The van der Waals surface area contributed by atoms with Gasteiger partial charge in [-0.3, -0.25) is 14.7 Å². The number of amides is 1. The number of aliphatic imine (C=N–C) groups is 1. The van der Waals surface area contributed by atoms with Crippen molar-refractivity contribution in [2.45, 2.75) is 44.2 Å². The molecular weight excluding hydrogens is 495 g/mol. The molecule has 3 aliphatic heterocycles. The smallest absolute Gasteiger partial charge is 0.239 e. The monoisotopic (exact) mass is 536 g/mol. The van der Waals surface area contributed by atoms with Gasteiger partial charge in [0, 0.05) is 71.6 Å². The molecule has 1 unspecified atom stereocenters. The van der Waals surface area contributed by atoms with E-state index < -0.39 is 0 Å². The van der Waals surface area contributed by atoms with Gasteiger partial charge in [-0.05, 0) is 46.7 Å². The van der Waals surface area contributed by atoms with Crippen LogP contribution in [0.2, 0.25) is 0 Å². The van der Waals surface area contributed by atoms with E-state index in [1.165, 1.54) is 0 Å². The molecule has 0 bridgehead atoms. The molecule has 0 spiro atoms. The van der Waals surface area contributed by atoms with Gasteiger partial charge in [-0.25, -0.2) is 0 Å². The first-order chi connectivity index (χ1) is 14.0. The summed E-state index contributed by atoms with van der Waals surface area (Å²) >= 11 is 0. The van der Waals surface area contributed by atoms with E-state index in [0.29, 0.717) is 5.91 Å². The fourth-order valence-electron chi connectivity index (χ4n) is 4.79. The van der Waals surface area contributed by atoms with Crippen LogP contribution in [0.25, 0.3) is 0 Å². The maximum absolute atomic E-state index is 12.7. The Morgan fingerprint density at radius 2 is 1.67 bits per heavy atom. The van der Waals surface area contributed by atoms with Crippen molar-refractivity contribution in [3.63, 3.8) is 0 Å². The summed E-state index contributed by atoms with van der Waals surface area (Å²) in [5, 5.41) is 3.63. The number of ether oxygens (including phenoxy) is 1. The number of carbonyl (C=O) groups is 1. The van der Waals surface area contributed by atoms with Gasteiger partial charge in [-0.1, -0.05) is 0 Å². The fraction of sp³-hybridized carbons (Fsp3) is 0.905. The van der Waals surface area contributed by atoms with Gasteiger partial charge in [-0.2, -0.15) is 0 Å². The highest BCUT2D eigenvalue weighted by Crippen LogP contribution is 2.25. The fourth-order valence-corrected chi connectivity index (χ4v) is 4.79. The molecule has 1 amide bonds. The molecule has 3 saturated heterocycles. The molecular formula is C21H41IN6O2. The number of likely N-dealkylation sites (N-methyl/N-ethyl adjacent to an activating group) is 1. The maximum atomic E-state index is 12.7. The quantitative estimate of drug-likeness (QED) is 0.321. The lowest BCUT2D eigenvalue weighted by Crippen LogP contribution is -2.60. The number of hydrogen-bond acceptors (Lipinski definition) is 5. The molecule has 174 valence electrons. The van der Waals surface area contributed by atoms with Crippen LogP contribution in [-0.2, 0) is 9.53 Å². The van der Waals surface area contributed by atoms with Crippen LogP contribution in [0.4, 0.5) is 0 Å². The van der Waals surface area contributed by atoms with Crippen LogP contribution in [0.15, 0.2) is 4.99 Å². The zero-order valence-electron chi connectivity index (χ0n) is 19.2. The zero-order valence-corrected chi connectivity index (χ0v) is 21.6. The second-order valence-electron chi connectivity index (χ2n) is 8.86. The Labute approximate surface area is 199 Å². The van der Waals surface area contributed by atoms with Gasteiger partial charge < -0.3 is 24.8 Å². The molecule has 0 saturated carbocycles. The average Bonchev–Trinajstić information content (AvgIpc) is 3.29. The molecule has 0 radical (unpaired) electrons. The van der Waals surface area contributed by atoms with Crippen molar-refractivity contribution in [1.29, 1.82) is 0 Å². The minimum atomic E-state index is -0.0236. The number of nitrogens with zero attached hydrogens (tertiary/aromatic N) is 5. The predicted molar refractivity (Wildman–Crippen MR) is 132 cm³/mol. The average molecular weight is 537 g/mol. The molecule has 3 aliphatic rings. The van der Waals surface area contributed by atoms with Crippen molar-refractivity contribution in [3.8, 4) is 0 Å². The third-order valence-electron chi connectivity index (χ3n) is 7.10. The second-order valence-corrected chi connectivity index (χ2v) is 8.86. The molecule has 30 heavy (non-hydrogen) atoms. The van der Waals surface area contributed by atoms with Gasteiger partial charge in [-0.15, -0.1) is 24.0 Å². The first-order valence-electron chi connectivity index (χ1n) is 11.2. The van der Waals surface area contributed by atoms with E-state index in [1.807, 2.05) is 11.9 Å². The predicted octanol–water partition coefficient (Wildman–Crippen LogP) is 0.919. The Kier molecular flexibility index (Phi) is 10.1. The Bertz CT molecular complexity index is 568. The van der Waals surface area contributed by atoms with Gasteiger partial charge >= 0.3 is 0 Å². The lowest BCUT2D eigenvalue weighted by Gasteiger charge is -2.44. The van der Waals surface area contributed by atoms with Gasteiger partial charge in [0.05, 0.1) is 6.04 Å². The van der Waals surface area contributed by atoms with Crippen molar-refractivity contribution in [1.82, 2.24) is 24.9 Å². The molecule has 3 fully saturated rings. The SMILES string of the molecule is CN=C(NCC1(N(C)C)CCOCC1)N1CCN(C(C)C(=O)N2CCCC2)CC1.I. The standard InChI is InChI=1S/C21H40N6O2.HI/c1-18(19(28)26-9-5-6-10-26)25-11-13-27(14-12-25)20(22-2)23-17-21(24(3)4)7-15-29-16-8-21;/h18H,5-17H2,1-4H3,(H,22,23);1H. The van der Waals surface area contributed by atoms with E-state index in [1.54, 1.807) is 0 Å². The van der Waals surface area contributed by atoms with E-state index >= 15 is 0 Å². The molecule has 3 heterocycles. The number of likely N-dealkylation sites (tertiary alicyclic amines) is 1. The summed E-state index contributed by atoms with van der Waals surface area (Å²) < 4.78 is 5.58. The van der Waals surface area contributed by atoms with Crippen LogP contribution < -0.4 is 5.32 Å². The number of hydrogen-bond donors (Lipinski definition) is 1. The Morgan fingerprint density at radius 3 is 2.20 bits per heavy atom. The van der Waals surface area contributed by atoms with Crippen LogP contribution in [0, 0.1) is 0 Å². The summed E-state index contributed by atoms with van der Waals surface area (Å²) in [6, 6.07) is -0.0236. The maximum Gasteiger partial charge on any atom is 0.239 e. The molecule has 3 rings (SSSR count). The Hall–Kier alpha value is -0.650. The summed E-state index contributed by atoms with van der Waals surface area (Å²) in [5.74, 6) is 1.27. The Morgan fingerprint density at radius 1 is 1.07 bits per heavy atom. The van der Waals surface area contributed by atoms with E-state index in [4.69, 9.17) is 4.74 Å². The topological polar surface area (TPSA) is 63.7 Å². The Balaban J connectivity index is 0.00000320. The molecule has 0 aliphatic carbocycles. The lowest BCUT2D eigenvalue weighted by molar-refractivity contribution is -0.135. The van der Waals surface area contributed by atoms with Gasteiger partial charge in [0.25, 0.3) is 0 Å². The van der Waals surface area contributed by atoms with Gasteiger partial charge in [0.1, 0.15) is 0 Å². The molecule has 1 atom stereocenters. The summed E-state index contributed by atoms with van der Waals surface area (Å²) in [6.07, 6.45) is 4.37. The number of piperazine rings is 1. The van der Waals surface area contributed by atoms with Gasteiger partial charge in [0.15, 0.2) is 5.96 Å². The van der Waals surface area contributed by atoms with E-state index in [-0.39, 0.29) is 35.6 Å². The van der Waals surface area contributed by atoms with Crippen LogP contribution in [0.3, 0.4) is 0 Å². The first-order valence-corrected chi connectivity index (χ1v) is 11.2. The molecule has 0 aromatic heterocycles. The normalized spacial score (nSPS) is 24.0. The first kappa shape index (κ1) is 25.6. The minimum absolute atomic E-state index is 0. The van der Waals surface area contributed by atoms with Crippen molar-refractivity contribution in [2.75, 3.05) is 80.2 Å². The molecule has 0 aromatic carbocycles. The number of nitrogens with one attached hydrogen (secondary N) is 1. The van der Waals surface area contributed by atoms with Crippen LogP contribution in [0.1, 0.15) is 32.6 Å². The summed E-state index contributed by atoms with van der Waals surface area (Å²) in [5.41, 5.74) is 0.118. The van der Waals surface area contributed by atoms with Gasteiger partial charge in [0.2, 0.25) is 5.91 Å². The molecule has 1 N–H and O–H groups in total. The van der Waals surface area contributed by atoms with Crippen LogP contribution >= 0.6 is 24.0 Å². The number of rotatable bonds is 5. The van der Waals surface area contributed by atoms with Crippen LogP contribution in [0.5, 0.6) is 0 Å². The summed E-state index contributed by atoms with van der Waals surface area (Å²) in [6.45, 7) is 10.0. The van der Waals surface area contributed by atoms with Crippen molar-refractivity contribution in [2.24, 2.45) is 4.99 Å². The van der Waals surface area contributed by atoms with Crippen LogP contribution in [-0.4, -0.2) is 123 Å². The highest BCUT2D eigenvalue weighted by Gasteiger charge is 2.36. The summed E-state index contributed by atoms with van der Waals surface area (Å²) in [4.78, 5) is 26.3. The minimum Gasteiger partial charge on any atom is -0.381 e. The van der Waals surface area contributed by atoms with Crippen molar-refractivity contribution in [3.05, 3.63) is 0 Å². The number of carbonyl (C=O) groups excluding carboxylic acids is 1. The van der Waals surface area contributed by atoms with E-state index in [9.17, 15) is 4.79 Å². The summed E-state index contributed by atoms with van der Waals surface area (Å²) in [7, 11) is 6.18. The van der Waals surface area contributed by atoms with Crippen molar-refractivity contribution >= 4 is 35.8 Å². The molecule has 9 heteroatoms. The highest BCUT2D eigenvalue weighted by molar-refractivity contribution is 14.0. The van der Waals surface area contributed by atoms with E-state index in [2.05, 4.69) is 46.0 Å². The lowest BCUT2D eigenvalue weighted by atomic mass is 9.88. The number of halogens is 1. The van der Waals surface area contributed by atoms with Crippen molar-refractivity contribution < 1.29 is 9.53 Å². The highest BCUT2D eigenvalue weighted by atomic mass is 127. The largest absolute Gasteiger partial charge is 0.381 e. The number of guanidine groups is 1. The zero-order chi connectivity index (χ0) is 20.9. The third kappa shape index (κ3) is 5.98. The third-order valence-corrected chi connectivity index (χ3v) is 7.10. The molecule has 0 aromatic rings. The second kappa shape index (κ2) is 11.8. The van der Waals surface area contributed by atoms with E-state index in [0.717, 1.165) is 90.7 Å². The molecule has 8 nitrogen and oxygen atoms in total.